The van der Waals surface area contributed by atoms with Crippen molar-refractivity contribution in [2.75, 3.05) is 0 Å². The van der Waals surface area contributed by atoms with Gasteiger partial charge in [-0.25, -0.2) is 4.79 Å². The molecule has 19 heavy (non-hydrogen) atoms. The van der Waals surface area contributed by atoms with Crippen molar-refractivity contribution in [2.24, 2.45) is 0 Å². The number of esters is 2. The van der Waals surface area contributed by atoms with Crippen LogP contribution in [0.15, 0.2) is 35.9 Å². The molecule has 0 heterocycles. The first-order valence-corrected chi connectivity index (χ1v) is 6.62. The molecule has 0 N–H and O–H groups in total. The molecule has 102 valence electrons. The maximum absolute atomic E-state index is 11.8. The van der Waals surface area contributed by atoms with Gasteiger partial charge in [0.05, 0.1) is 0 Å². The summed E-state index contributed by atoms with van der Waals surface area (Å²) in [5.74, 6) is -1.10. The average molecular weight is 260 g/mol. The number of rotatable bonds is 6. The summed E-state index contributed by atoms with van der Waals surface area (Å²) in [4.78, 5) is 22.7. The summed E-state index contributed by atoms with van der Waals surface area (Å²) in [7, 11) is 0. The molecule has 1 aromatic carbocycles. The van der Waals surface area contributed by atoms with Crippen LogP contribution in [-0.2, 0) is 14.3 Å². The van der Waals surface area contributed by atoms with E-state index in [0.717, 1.165) is 24.8 Å². The normalized spacial score (nSPS) is 11.2. The summed E-state index contributed by atoms with van der Waals surface area (Å²) >= 11 is 0. The van der Waals surface area contributed by atoms with Crippen molar-refractivity contribution < 1.29 is 14.3 Å². The van der Waals surface area contributed by atoms with Crippen LogP contribution in [0.2, 0.25) is 0 Å². The highest BCUT2D eigenvalue weighted by Gasteiger charge is 2.13. The van der Waals surface area contributed by atoms with Gasteiger partial charge in [0, 0.05) is 12.5 Å². The van der Waals surface area contributed by atoms with Crippen LogP contribution in [0.3, 0.4) is 0 Å². The van der Waals surface area contributed by atoms with E-state index in [-0.39, 0.29) is 0 Å². The number of benzene rings is 1. The van der Waals surface area contributed by atoms with E-state index >= 15 is 0 Å². The van der Waals surface area contributed by atoms with E-state index in [1.807, 2.05) is 30.3 Å². The quantitative estimate of drug-likeness (QED) is 0.339. The lowest BCUT2D eigenvalue weighted by atomic mass is 10.0. The molecular formula is C16H20O3. The fourth-order valence-electron chi connectivity index (χ4n) is 1.75. The van der Waals surface area contributed by atoms with Crippen LogP contribution >= 0.6 is 0 Å². The molecule has 0 fully saturated rings. The number of carbonyl (C=O) groups excluding carboxylic acids is 2. The third-order valence-electron chi connectivity index (χ3n) is 2.69. The summed E-state index contributed by atoms with van der Waals surface area (Å²) < 4.78 is 4.67. The first-order valence-electron chi connectivity index (χ1n) is 6.62. The van der Waals surface area contributed by atoms with Gasteiger partial charge in [-0.3, -0.25) is 4.79 Å². The third-order valence-corrected chi connectivity index (χ3v) is 2.69. The Morgan fingerprint density at radius 3 is 2.42 bits per heavy atom. The molecule has 0 aliphatic carbocycles. The van der Waals surface area contributed by atoms with E-state index in [4.69, 9.17) is 0 Å². The minimum atomic E-state index is -0.570. The Kier molecular flexibility index (Phi) is 6.58. The molecular weight excluding hydrogens is 240 g/mol. The minimum absolute atomic E-state index is 0.535. The summed E-state index contributed by atoms with van der Waals surface area (Å²) in [6, 6.07) is 9.57. The first kappa shape index (κ1) is 15.2. The second-order valence-corrected chi connectivity index (χ2v) is 4.42. The van der Waals surface area contributed by atoms with Gasteiger partial charge < -0.3 is 4.74 Å². The highest BCUT2D eigenvalue weighted by atomic mass is 16.6. The second kappa shape index (κ2) is 8.25. The van der Waals surface area contributed by atoms with Crippen molar-refractivity contribution in [3.63, 3.8) is 0 Å². The van der Waals surface area contributed by atoms with E-state index < -0.39 is 11.9 Å². The number of carbonyl (C=O) groups is 2. The molecule has 0 aromatic heterocycles. The molecule has 0 unspecified atom stereocenters. The average Bonchev–Trinajstić information content (AvgIpc) is 2.38. The maximum Gasteiger partial charge on any atom is 0.341 e. The smallest absolute Gasteiger partial charge is 0.341 e. The van der Waals surface area contributed by atoms with Crippen LogP contribution in [0.25, 0.3) is 6.08 Å². The van der Waals surface area contributed by atoms with Crippen molar-refractivity contribution >= 4 is 18.0 Å². The molecule has 0 saturated carbocycles. The van der Waals surface area contributed by atoms with Crippen LogP contribution in [-0.4, -0.2) is 11.9 Å². The van der Waals surface area contributed by atoms with Gasteiger partial charge in [-0.1, -0.05) is 50.1 Å². The predicted molar refractivity (Wildman–Crippen MR) is 75.3 cm³/mol. The van der Waals surface area contributed by atoms with Crippen molar-refractivity contribution in [3.8, 4) is 0 Å². The first-order chi connectivity index (χ1) is 9.13. The number of unbranched alkanes of at least 4 members (excludes halogenated alkanes) is 2. The Balaban J connectivity index is 2.82. The van der Waals surface area contributed by atoms with Crippen molar-refractivity contribution in [2.45, 2.75) is 39.5 Å². The zero-order valence-electron chi connectivity index (χ0n) is 11.5. The highest BCUT2D eigenvalue weighted by molar-refractivity contribution is 5.99. The summed E-state index contributed by atoms with van der Waals surface area (Å²) in [5, 5.41) is 0. The molecule has 0 aliphatic rings. The second-order valence-electron chi connectivity index (χ2n) is 4.42. The lowest BCUT2D eigenvalue weighted by Gasteiger charge is -2.06. The highest BCUT2D eigenvalue weighted by Crippen LogP contribution is 2.15. The van der Waals surface area contributed by atoms with Gasteiger partial charge in [-0.2, -0.15) is 0 Å². The Hall–Kier alpha value is -1.90. The Labute approximate surface area is 114 Å². The third kappa shape index (κ3) is 6.00. The van der Waals surface area contributed by atoms with E-state index in [9.17, 15) is 9.59 Å². The molecule has 0 atom stereocenters. The predicted octanol–water partition coefficient (Wildman–Crippen LogP) is 3.74. The summed E-state index contributed by atoms with van der Waals surface area (Å²) in [6.07, 6.45) is 5.48. The van der Waals surface area contributed by atoms with Crippen LogP contribution in [0, 0.1) is 0 Å². The lowest BCUT2D eigenvalue weighted by Crippen LogP contribution is -2.11. The van der Waals surface area contributed by atoms with Gasteiger partial charge in [0.2, 0.25) is 0 Å². The van der Waals surface area contributed by atoms with E-state index in [2.05, 4.69) is 11.7 Å². The van der Waals surface area contributed by atoms with Gasteiger partial charge in [0.15, 0.2) is 0 Å². The molecule has 3 heteroatoms. The van der Waals surface area contributed by atoms with Gasteiger partial charge in [0.25, 0.3) is 0 Å². The van der Waals surface area contributed by atoms with Crippen molar-refractivity contribution in [1.82, 2.24) is 0 Å². The SMILES string of the molecule is CCCCCC(=Cc1ccccc1)C(=O)OC(C)=O. The van der Waals surface area contributed by atoms with Gasteiger partial charge in [0.1, 0.15) is 0 Å². The lowest BCUT2D eigenvalue weighted by molar-refractivity contribution is -0.155. The van der Waals surface area contributed by atoms with Crippen molar-refractivity contribution in [1.29, 1.82) is 0 Å². The van der Waals surface area contributed by atoms with Gasteiger partial charge in [-0.15, -0.1) is 0 Å². The fraction of sp³-hybridized carbons (Fsp3) is 0.375. The van der Waals surface area contributed by atoms with Crippen LogP contribution in [0.5, 0.6) is 0 Å². The molecule has 0 spiro atoms. The zero-order valence-corrected chi connectivity index (χ0v) is 11.5. The number of hydrogen-bond donors (Lipinski definition) is 0. The molecule has 0 bridgehead atoms. The molecule has 0 aliphatic heterocycles. The van der Waals surface area contributed by atoms with Crippen LogP contribution < -0.4 is 0 Å². The maximum atomic E-state index is 11.8. The minimum Gasteiger partial charge on any atom is -0.390 e. The zero-order chi connectivity index (χ0) is 14.1. The molecule has 1 rings (SSSR count). The molecule has 0 amide bonds. The molecule has 3 nitrogen and oxygen atoms in total. The molecule has 0 radical (unpaired) electrons. The van der Waals surface area contributed by atoms with E-state index in [1.54, 1.807) is 6.08 Å². The Morgan fingerprint density at radius 1 is 1.16 bits per heavy atom. The molecule has 1 aromatic rings. The summed E-state index contributed by atoms with van der Waals surface area (Å²) in [5.41, 5.74) is 1.49. The van der Waals surface area contributed by atoms with E-state index in [0.29, 0.717) is 12.0 Å². The number of ether oxygens (including phenoxy) is 1. The van der Waals surface area contributed by atoms with E-state index in [1.165, 1.54) is 6.92 Å². The topological polar surface area (TPSA) is 43.4 Å². The monoisotopic (exact) mass is 260 g/mol. The molecule has 0 saturated heterocycles. The summed E-state index contributed by atoms with van der Waals surface area (Å²) in [6.45, 7) is 3.35. The van der Waals surface area contributed by atoms with Gasteiger partial charge in [-0.05, 0) is 24.5 Å². The standard InChI is InChI=1S/C16H20O3/c1-3-4-6-11-15(16(18)19-13(2)17)12-14-9-7-5-8-10-14/h5,7-10,12H,3-4,6,11H2,1-2H3. The van der Waals surface area contributed by atoms with Crippen LogP contribution in [0.1, 0.15) is 45.1 Å². The van der Waals surface area contributed by atoms with Crippen LogP contribution in [0.4, 0.5) is 0 Å². The largest absolute Gasteiger partial charge is 0.390 e. The fourth-order valence-corrected chi connectivity index (χ4v) is 1.75. The number of hydrogen-bond acceptors (Lipinski definition) is 3. The van der Waals surface area contributed by atoms with Gasteiger partial charge >= 0.3 is 11.9 Å². The van der Waals surface area contributed by atoms with Crippen molar-refractivity contribution in [3.05, 3.63) is 41.5 Å². The Morgan fingerprint density at radius 2 is 1.84 bits per heavy atom. The Bertz CT molecular complexity index is 446.